The summed E-state index contributed by atoms with van der Waals surface area (Å²) in [5.41, 5.74) is 1.13. The molecule has 1 fully saturated rings. The van der Waals surface area contributed by atoms with Crippen LogP contribution in [0.25, 0.3) is 0 Å². The van der Waals surface area contributed by atoms with Crippen LogP contribution >= 0.6 is 35.6 Å². The number of benzene rings is 1. The number of nitrogens with zero attached hydrogens (tertiary/aromatic N) is 1. The molecule has 15 heavy (non-hydrogen) atoms. The van der Waals surface area contributed by atoms with E-state index in [9.17, 15) is 0 Å². The lowest BCUT2D eigenvalue weighted by molar-refractivity contribution is 0.737. The van der Waals surface area contributed by atoms with Crippen LogP contribution in [0.2, 0.25) is 5.02 Å². The Bertz CT molecular complexity index is 386. The van der Waals surface area contributed by atoms with Gasteiger partial charge in [0, 0.05) is 22.0 Å². The third-order valence-corrected chi connectivity index (χ3v) is 4.06. The van der Waals surface area contributed by atoms with Gasteiger partial charge in [0.1, 0.15) is 4.32 Å². The number of hydrogen-bond acceptors (Lipinski definition) is 2. The lowest BCUT2D eigenvalue weighted by atomic mass is 10.2. The molecule has 2 rings (SSSR count). The summed E-state index contributed by atoms with van der Waals surface area (Å²) >= 11 is 13.0. The molecule has 80 valence electrons. The van der Waals surface area contributed by atoms with Gasteiger partial charge in [-0.3, -0.25) is 0 Å². The minimum Gasteiger partial charge on any atom is -0.326 e. The predicted molar refractivity (Wildman–Crippen MR) is 73.1 cm³/mol. The van der Waals surface area contributed by atoms with Crippen LogP contribution in [0.4, 0.5) is 5.69 Å². The molecule has 0 aromatic heterocycles. The van der Waals surface area contributed by atoms with Crippen LogP contribution in [-0.2, 0) is 0 Å². The predicted octanol–water partition coefficient (Wildman–Crippen LogP) is 3.96. The van der Waals surface area contributed by atoms with E-state index in [2.05, 4.69) is 18.7 Å². The summed E-state index contributed by atoms with van der Waals surface area (Å²) in [5.74, 6) is 0. The molecule has 0 unspecified atom stereocenters. The van der Waals surface area contributed by atoms with Crippen molar-refractivity contribution >= 4 is 45.6 Å². The van der Waals surface area contributed by atoms with E-state index in [0.29, 0.717) is 0 Å². The average Bonchev–Trinajstić information content (AvgIpc) is 2.41. The summed E-state index contributed by atoms with van der Waals surface area (Å²) in [6.07, 6.45) is 0. The van der Waals surface area contributed by atoms with Crippen LogP contribution in [0.15, 0.2) is 24.3 Å². The third kappa shape index (κ3) is 2.47. The highest BCUT2D eigenvalue weighted by Crippen LogP contribution is 2.38. The zero-order valence-corrected chi connectivity index (χ0v) is 11.0. The molecule has 0 N–H and O–H groups in total. The van der Waals surface area contributed by atoms with E-state index in [-0.39, 0.29) is 4.75 Å². The largest absolute Gasteiger partial charge is 0.326 e. The van der Waals surface area contributed by atoms with Gasteiger partial charge in [-0.15, -0.1) is 0 Å². The van der Waals surface area contributed by atoms with Crippen molar-refractivity contribution in [1.82, 2.24) is 0 Å². The summed E-state index contributed by atoms with van der Waals surface area (Å²) in [5, 5.41) is 0.760. The van der Waals surface area contributed by atoms with Crippen molar-refractivity contribution in [3.63, 3.8) is 0 Å². The van der Waals surface area contributed by atoms with Crippen LogP contribution in [0.3, 0.4) is 0 Å². The molecule has 0 amide bonds. The second-order valence-electron chi connectivity index (χ2n) is 4.19. The van der Waals surface area contributed by atoms with Gasteiger partial charge in [-0.2, -0.15) is 0 Å². The van der Waals surface area contributed by atoms with E-state index >= 15 is 0 Å². The lowest BCUT2D eigenvalue weighted by Gasteiger charge is -2.19. The van der Waals surface area contributed by atoms with E-state index in [1.54, 1.807) is 11.8 Å². The molecular weight excluding hydrogens is 246 g/mol. The zero-order valence-electron chi connectivity index (χ0n) is 8.66. The Morgan fingerprint density at radius 1 is 1.33 bits per heavy atom. The highest BCUT2D eigenvalue weighted by atomic mass is 35.5. The summed E-state index contributed by atoms with van der Waals surface area (Å²) < 4.78 is 1.15. The Kier molecular flexibility index (Phi) is 2.97. The first-order valence-electron chi connectivity index (χ1n) is 4.74. The summed E-state index contributed by atoms with van der Waals surface area (Å²) in [6.45, 7) is 5.37. The molecule has 0 atom stereocenters. The maximum atomic E-state index is 5.85. The topological polar surface area (TPSA) is 3.24 Å². The molecule has 1 aromatic rings. The Morgan fingerprint density at radius 2 is 1.93 bits per heavy atom. The maximum Gasteiger partial charge on any atom is 0.141 e. The molecule has 1 aliphatic heterocycles. The first-order valence-corrected chi connectivity index (χ1v) is 6.34. The smallest absolute Gasteiger partial charge is 0.141 e. The fourth-order valence-corrected chi connectivity index (χ4v) is 3.51. The fourth-order valence-electron chi connectivity index (χ4n) is 1.59. The molecule has 0 bridgehead atoms. The first-order chi connectivity index (χ1) is 6.98. The van der Waals surface area contributed by atoms with Gasteiger partial charge in [-0.1, -0.05) is 35.6 Å². The average molecular weight is 258 g/mol. The van der Waals surface area contributed by atoms with Gasteiger partial charge < -0.3 is 4.90 Å². The molecule has 1 saturated heterocycles. The van der Waals surface area contributed by atoms with Gasteiger partial charge in [0.15, 0.2) is 0 Å². The van der Waals surface area contributed by atoms with Gasteiger partial charge in [0.2, 0.25) is 0 Å². The second kappa shape index (κ2) is 3.96. The van der Waals surface area contributed by atoms with Crippen molar-refractivity contribution in [3.8, 4) is 0 Å². The van der Waals surface area contributed by atoms with Crippen LogP contribution in [0, 0.1) is 0 Å². The monoisotopic (exact) mass is 257 g/mol. The van der Waals surface area contributed by atoms with Gasteiger partial charge in [0.25, 0.3) is 0 Å². The number of hydrogen-bond donors (Lipinski definition) is 0. The summed E-state index contributed by atoms with van der Waals surface area (Å²) in [6, 6.07) is 7.82. The maximum absolute atomic E-state index is 5.85. The molecule has 1 aliphatic rings. The van der Waals surface area contributed by atoms with Gasteiger partial charge >= 0.3 is 0 Å². The Morgan fingerprint density at radius 3 is 2.40 bits per heavy atom. The van der Waals surface area contributed by atoms with Crippen molar-refractivity contribution in [3.05, 3.63) is 29.3 Å². The zero-order chi connectivity index (χ0) is 11.1. The van der Waals surface area contributed by atoms with Crippen LogP contribution < -0.4 is 4.90 Å². The van der Waals surface area contributed by atoms with Crippen molar-refractivity contribution in [2.45, 2.75) is 18.6 Å². The van der Waals surface area contributed by atoms with Gasteiger partial charge in [0.05, 0.1) is 0 Å². The van der Waals surface area contributed by atoms with Crippen molar-refractivity contribution < 1.29 is 0 Å². The fraction of sp³-hybridized carbons (Fsp3) is 0.364. The first kappa shape index (κ1) is 11.2. The van der Waals surface area contributed by atoms with Gasteiger partial charge in [-0.05, 0) is 38.1 Å². The minimum atomic E-state index is 0.205. The second-order valence-corrected chi connectivity index (χ2v) is 6.97. The van der Waals surface area contributed by atoms with E-state index in [4.69, 9.17) is 23.8 Å². The van der Waals surface area contributed by atoms with Crippen molar-refractivity contribution in [1.29, 1.82) is 0 Å². The Labute approximate surface area is 105 Å². The van der Waals surface area contributed by atoms with Crippen molar-refractivity contribution in [2.75, 3.05) is 11.4 Å². The molecule has 0 spiro atoms. The molecular formula is C11H12ClNS2. The van der Waals surface area contributed by atoms with Crippen molar-refractivity contribution in [2.24, 2.45) is 0 Å². The molecule has 0 aliphatic carbocycles. The third-order valence-electron chi connectivity index (χ3n) is 2.26. The normalized spacial score (nSPS) is 19.7. The van der Waals surface area contributed by atoms with E-state index in [0.717, 1.165) is 21.6 Å². The molecule has 1 heterocycles. The van der Waals surface area contributed by atoms with Crippen LogP contribution in [-0.4, -0.2) is 15.6 Å². The number of thiocarbonyl (C=S) groups is 1. The molecule has 0 radical (unpaired) electrons. The summed E-state index contributed by atoms with van der Waals surface area (Å²) in [7, 11) is 0. The summed E-state index contributed by atoms with van der Waals surface area (Å²) in [4.78, 5) is 2.16. The molecule has 0 saturated carbocycles. The van der Waals surface area contributed by atoms with E-state index < -0.39 is 0 Å². The number of anilines is 1. The van der Waals surface area contributed by atoms with Crippen LogP contribution in [0.1, 0.15) is 13.8 Å². The van der Waals surface area contributed by atoms with Gasteiger partial charge in [-0.25, -0.2) is 0 Å². The van der Waals surface area contributed by atoms with Crippen LogP contribution in [0.5, 0.6) is 0 Å². The number of thioether (sulfide) groups is 1. The number of halogens is 1. The molecule has 4 heteroatoms. The lowest BCUT2D eigenvalue weighted by Crippen LogP contribution is -2.27. The minimum absolute atomic E-state index is 0.205. The molecule has 1 nitrogen and oxygen atoms in total. The standard InChI is InChI=1S/C11H12ClNS2/c1-11(2)7-13(10(14)15-11)9-5-3-8(12)4-6-9/h3-6H,7H2,1-2H3. The Balaban J connectivity index is 2.25. The van der Waals surface area contributed by atoms with E-state index in [1.807, 2.05) is 24.3 Å². The highest BCUT2D eigenvalue weighted by molar-refractivity contribution is 8.24. The Hall–Kier alpha value is -0.250. The highest BCUT2D eigenvalue weighted by Gasteiger charge is 2.34. The molecule has 1 aromatic carbocycles. The van der Waals surface area contributed by atoms with E-state index in [1.165, 1.54) is 0 Å². The number of rotatable bonds is 1. The SMILES string of the molecule is CC1(C)CN(c2ccc(Cl)cc2)C(=S)S1. The quantitative estimate of drug-likeness (QED) is 0.702.